The maximum Gasteiger partial charge on any atom is 0.290 e. The molecule has 0 heterocycles. The van der Waals surface area contributed by atoms with Crippen molar-refractivity contribution >= 4 is 0 Å². The minimum Gasteiger partial charge on any atom is -0.500 e. The number of aryl methyl sites for hydroxylation is 1. The lowest BCUT2D eigenvalue weighted by Gasteiger charge is -2.55. The third-order valence-electron chi connectivity index (χ3n) is 9.84. The molecule has 5 rings (SSSR count). The highest BCUT2D eigenvalue weighted by molar-refractivity contribution is 5.73. The van der Waals surface area contributed by atoms with Gasteiger partial charge in [0.25, 0.3) is 5.92 Å². The number of hydrogen-bond acceptors (Lipinski definition) is 3. The van der Waals surface area contributed by atoms with Crippen LogP contribution < -0.4 is 4.74 Å². The van der Waals surface area contributed by atoms with E-state index in [0.717, 1.165) is 5.56 Å². The first-order valence-corrected chi connectivity index (χ1v) is 16.4. The van der Waals surface area contributed by atoms with Crippen molar-refractivity contribution in [3.05, 3.63) is 148 Å². The Kier molecular flexibility index (Phi) is 10.6. The summed E-state index contributed by atoms with van der Waals surface area (Å²) in [4.78, 5) is 0. The van der Waals surface area contributed by atoms with E-state index in [1.54, 1.807) is 74.7 Å². The molecule has 0 amide bonds. The van der Waals surface area contributed by atoms with Gasteiger partial charge in [0.2, 0.25) is 0 Å². The van der Waals surface area contributed by atoms with Crippen molar-refractivity contribution in [2.75, 3.05) is 21.3 Å². The van der Waals surface area contributed by atoms with Gasteiger partial charge in [0.15, 0.2) is 17.5 Å². The minimum atomic E-state index is -4.20. The molecule has 0 bridgehead atoms. The number of alkyl halides is 2. The molecule has 0 aliphatic heterocycles. The maximum absolute atomic E-state index is 18.7. The number of ether oxygens (including phenoxy) is 3. The standard InChI is InChI=1S/C41H41F5O3/c1-6-22-40(41(45,46)35-34(28-16-10-8-11-17-28)32(7-2)36(42)38(44)37(35)43)33(49-5)25-31(48-4)26-39(40,29-18-12-9-13-19-29)23-21-27-15-14-20-30(24-27)47-3/h8-20,24-26H,6-7,21-23H2,1-5H3. The van der Waals surface area contributed by atoms with Crippen LogP contribution in [0.2, 0.25) is 0 Å². The van der Waals surface area contributed by atoms with E-state index < -0.39 is 39.8 Å². The Hall–Kier alpha value is -4.59. The number of benzene rings is 4. The summed E-state index contributed by atoms with van der Waals surface area (Å²) < 4.78 is 102. The van der Waals surface area contributed by atoms with Gasteiger partial charge in [-0.15, -0.1) is 0 Å². The van der Waals surface area contributed by atoms with Gasteiger partial charge in [-0.2, -0.15) is 0 Å². The lowest BCUT2D eigenvalue weighted by molar-refractivity contribution is -0.168. The average molecular weight is 677 g/mol. The van der Waals surface area contributed by atoms with Crippen LogP contribution in [0.3, 0.4) is 0 Å². The van der Waals surface area contributed by atoms with E-state index in [2.05, 4.69) is 0 Å². The highest BCUT2D eigenvalue weighted by Gasteiger charge is 2.70. The summed E-state index contributed by atoms with van der Waals surface area (Å²) in [5.74, 6) is -8.82. The first kappa shape index (κ1) is 35.7. The highest BCUT2D eigenvalue weighted by Crippen LogP contribution is 2.68. The molecule has 0 fully saturated rings. The fraction of sp³-hybridized carbons (Fsp3) is 0.317. The van der Waals surface area contributed by atoms with Crippen LogP contribution in [0, 0.1) is 22.9 Å². The van der Waals surface area contributed by atoms with Gasteiger partial charge in [-0.1, -0.05) is 93.1 Å². The second-order valence-electron chi connectivity index (χ2n) is 12.3. The highest BCUT2D eigenvalue weighted by atomic mass is 19.3. The van der Waals surface area contributed by atoms with Crippen LogP contribution in [-0.2, 0) is 33.7 Å². The Morgan fingerprint density at radius 3 is 1.98 bits per heavy atom. The molecule has 8 heteroatoms. The molecule has 258 valence electrons. The van der Waals surface area contributed by atoms with Crippen LogP contribution in [-0.4, -0.2) is 21.3 Å². The Morgan fingerprint density at radius 2 is 1.39 bits per heavy atom. The molecule has 0 spiro atoms. The van der Waals surface area contributed by atoms with Gasteiger partial charge in [-0.3, -0.25) is 0 Å². The molecule has 49 heavy (non-hydrogen) atoms. The average Bonchev–Trinajstić information content (AvgIpc) is 3.13. The first-order chi connectivity index (χ1) is 23.6. The fourth-order valence-corrected chi connectivity index (χ4v) is 7.68. The summed E-state index contributed by atoms with van der Waals surface area (Å²) in [5.41, 5.74) is -4.42. The molecule has 1 aliphatic rings. The van der Waals surface area contributed by atoms with Crippen LogP contribution in [0.25, 0.3) is 11.1 Å². The quantitative estimate of drug-likeness (QED) is 0.104. The summed E-state index contributed by atoms with van der Waals surface area (Å²) in [7, 11) is 4.28. The van der Waals surface area contributed by atoms with E-state index in [1.165, 1.54) is 39.4 Å². The zero-order chi connectivity index (χ0) is 35.4. The lowest BCUT2D eigenvalue weighted by atomic mass is 9.49. The summed E-state index contributed by atoms with van der Waals surface area (Å²) in [6, 6.07) is 24.0. The molecule has 2 unspecified atom stereocenters. The molecular formula is C41H41F5O3. The molecule has 0 aromatic heterocycles. The predicted octanol–water partition coefficient (Wildman–Crippen LogP) is 10.9. The van der Waals surface area contributed by atoms with Gasteiger partial charge >= 0.3 is 0 Å². The number of halogens is 5. The summed E-state index contributed by atoms with van der Waals surface area (Å²) in [6.07, 6.45) is 3.29. The molecule has 4 aromatic carbocycles. The fourth-order valence-electron chi connectivity index (χ4n) is 7.68. The van der Waals surface area contributed by atoms with Gasteiger partial charge in [0, 0.05) is 17.1 Å². The molecule has 1 aliphatic carbocycles. The predicted molar refractivity (Wildman–Crippen MR) is 182 cm³/mol. The van der Waals surface area contributed by atoms with Crippen LogP contribution >= 0.6 is 0 Å². The van der Waals surface area contributed by atoms with E-state index >= 15 is 22.0 Å². The number of allylic oxidation sites excluding steroid dienone is 3. The zero-order valence-corrected chi connectivity index (χ0v) is 28.4. The smallest absolute Gasteiger partial charge is 0.290 e. The zero-order valence-electron chi connectivity index (χ0n) is 28.4. The van der Waals surface area contributed by atoms with Crippen molar-refractivity contribution in [2.45, 2.75) is 57.3 Å². The Balaban J connectivity index is 1.94. The third-order valence-corrected chi connectivity index (χ3v) is 9.84. The van der Waals surface area contributed by atoms with E-state index in [9.17, 15) is 0 Å². The molecule has 0 saturated heterocycles. The second kappa shape index (κ2) is 14.5. The van der Waals surface area contributed by atoms with Crippen LogP contribution in [0.15, 0.2) is 109 Å². The SMILES string of the molecule is CCCC1(C(F)(F)c2c(F)c(F)c(F)c(CC)c2-c2ccccc2)C(OC)=CC(OC)=CC1(CCc1cccc(OC)c1)c1ccccc1. The minimum absolute atomic E-state index is 0.0833. The molecule has 0 N–H and O–H groups in total. The van der Waals surface area contributed by atoms with E-state index in [4.69, 9.17) is 14.2 Å². The van der Waals surface area contributed by atoms with Crippen molar-refractivity contribution in [1.82, 2.24) is 0 Å². The molecule has 3 nitrogen and oxygen atoms in total. The van der Waals surface area contributed by atoms with Crippen LogP contribution in [0.5, 0.6) is 5.75 Å². The van der Waals surface area contributed by atoms with Gasteiger partial charge in [0.05, 0.1) is 26.9 Å². The lowest BCUT2D eigenvalue weighted by Crippen LogP contribution is -2.58. The third kappa shape index (κ3) is 5.89. The van der Waals surface area contributed by atoms with Crippen molar-refractivity contribution in [2.24, 2.45) is 5.41 Å². The molecule has 2 atom stereocenters. The Labute approximate surface area is 285 Å². The first-order valence-electron chi connectivity index (χ1n) is 16.4. The van der Waals surface area contributed by atoms with Gasteiger partial charge in [-0.05, 0) is 66.1 Å². The number of rotatable bonds is 13. The van der Waals surface area contributed by atoms with Crippen LogP contribution in [0.4, 0.5) is 22.0 Å². The van der Waals surface area contributed by atoms with E-state index in [-0.39, 0.29) is 53.9 Å². The molecule has 0 radical (unpaired) electrons. The van der Waals surface area contributed by atoms with Crippen molar-refractivity contribution in [1.29, 1.82) is 0 Å². The monoisotopic (exact) mass is 676 g/mol. The van der Waals surface area contributed by atoms with Crippen molar-refractivity contribution in [3.8, 4) is 16.9 Å². The summed E-state index contributed by atoms with van der Waals surface area (Å²) in [5, 5.41) is 0. The number of hydrogen-bond donors (Lipinski definition) is 0. The van der Waals surface area contributed by atoms with Crippen molar-refractivity contribution in [3.63, 3.8) is 0 Å². The summed E-state index contributed by atoms with van der Waals surface area (Å²) >= 11 is 0. The molecule has 0 saturated carbocycles. The van der Waals surface area contributed by atoms with Gasteiger partial charge in [-0.25, -0.2) is 22.0 Å². The maximum atomic E-state index is 18.7. The normalized spacial score (nSPS) is 19.2. The Morgan fingerprint density at radius 1 is 0.714 bits per heavy atom. The van der Waals surface area contributed by atoms with Crippen LogP contribution in [0.1, 0.15) is 55.4 Å². The van der Waals surface area contributed by atoms with Gasteiger partial charge < -0.3 is 14.2 Å². The molecule has 4 aromatic rings. The van der Waals surface area contributed by atoms with E-state index in [1.807, 2.05) is 18.2 Å². The number of methoxy groups -OCH3 is 3. The molecular weight excluding hydrogens is 635 g/mol. The second-order valence-corrected chi connectivity index (χ2v) is 12.3. The Bertz CT molecular complexity index is 1840. The summed E-state index contributed by atoms with van der Waals surface area (Å²) in [6.45, 7) is 3.29. The van der Waals surface area contributed by atoms with Crippen molar-refractivity contribution < 1.29 is 36.2 Å². The topological polar surface area (TPSA) is 27.7 Å². The largest absolute Gasteiger partial charge is 0.500 e. The van der Waals surface area contributed by atoms with E-state index in [0.29, 0.717) is 17.7 Å². The van der Waals surface area contributed by atoms with Gasteiger partial charge in [0.1, 0.15) is 22.7 Å².